The van der Waals surface area contributed by atoms with Crippen molar-refractivity contribution in [3.8, 4) is 22.9 Å². The minimum absolute atomic E-state index is 0.253. The van der Waals surface area contributed by atoms with Gasteiger partial charge in [-0.2, -0.15) is 0 Å². The molecule has 0 aliphatic heterocycles. The first-order valence-electron chi connectivity index (χ1n) is 7.70. The Bertz CT molecular complexity index is 866. The highest BCUT2D eigenvalue weighted by atomic mass is 28.3. The first-order valence-corrected chi connectivity index (χ1v) is 14.7. The normalized spacial score (nSPS) is 11.4. The molecular weight excluding hydrogens is 317 g/mol. The van der Waals surface area contributed by atoms with Crippen LogP contribution in [0.1, 0.15) is 11.4 Å². The average Bonchev–Trinajstić information content (AvgIpc) is 2.40. The highest BCUT2D eigenvalue weighted by Gasteiger charge is 2.11. The van der Waals surface area contributed by atoms with E-state index in [1.165, 1.54) is 12.1 Å². The predicted molar refractivity (Wildman–Crippen MR) is 102 cm³/mol. The smallest absolute Gasteiger partial charge is 0.129 e. The molecule has 0 saturated carbocycles. The number of hydrogen-bond donors (Lipinski definition) is 0. The molecule has 0 radical (unpaired) electrons. The minimum atomic E-state index is -1.51. The van der Waals surface area contributed by atoms with Gasteiger partial charge in [-0.15, -0.1) is 11.1 Å². The fourth-order valence-electron chi connectivity index (χ4n) is 1.89. The standard InChI is InChI=1S/C19H22FNSi2/c1-22(2,3)11-9-17-14-15-13-16(20)7-8-18(15)19(21-17)10-12-23(4,5)6/h7-8,13-14H,1-6H3. The van der Waals surface area contributed by atoms with E-state index in [4.69, 9.17) is 0 Å². The van der Waals surface area contributed by atoms with Crippen LogP contribution < -0.4 is 0 Å². The number of hydrogen-bond acceptors (Lipinski definition) is 1. The van der Waals surface area contributed by atoms with E-state index < -0.39 is 16.1 Å². The molecular formula is C19H22FNSi2. The summed E-state index contributed by atoms with van der Waals surface area (Å²) in [5.41, 5.74) is 8.02. The monoisotopic (exact) mass is 339 g/mol. The van der Waals surface area contributed by atoms with E-state index in [0.29, 0.717) is 11.4 Å². The van der Waals surface area contributed by atoms with Crippen molar-refractivity contribution in [2.24, 2.45) is 0 Å². The molecule has 0 atom stereocenters. The summed E-state index contributed by atoms with van der Waals surface area (Å²) in [6.45, 7) is 13.1. The van der Waals surface area contributed by atoms with Gasteiger partial charge in [0.1, 0.15) is 33.4 Å². The second-order valence-corrected chi connectivity index (χ2v) is 17.2. The molecule has 0 aliphatic rings. The van der Waals surface area contributed by atoms with Crippen molar-refractivity contribution in [1.29, 1.82) is 0 Å². The van der Waals surface area contributed by atoms with Gasteiger partial charge in [0.25, 0.3) is 0 Å². The zero-order valence-electron chi connectivity index (χ0n) is 14.6. The zero-order valence-corrected chi connectivity index (χ0v) is 16.6. The van der Waals surface area contributed by atoms with Crippen LogP contribution in [0.5, 0.6) is 0 Å². The fraction of sp³-hybridized carbons (Fsp3) is 0.316. The van der Waals surface area contributed by atoms with Crippen molar-refractivity contribution in [2.45, 2.75) is 39.3 Å². The molecule has 0 amide bonds. The van der Waals surface area contributed by atoms with Gasteiger partial charge < -0.3 is 0 Å². The van der Waals surface area contributed by atoms with E-state index >= 15 is 0 Å². The highest BCUT2D eigenvalue weighted by molar-refractivity contribution is 6.84. The van der Waals surface area contributed by atoms with Gasteiger partial charge in [-0.1, -0.05) is 51.1 Å². The lowest BCUT2D eigenvalue weighted by molar-refractivity contribution is 0.629. The maximum absolute atomic E-state index is 13.6. The number of pyridine rings is 1. The first kappa shape index (κ1) is 17.5. The van der Waals surface area contributed by atoms with Gasteiger partial charge >= 0.3 is 0 Å². The Hall–Kier alpha value is -1.89. The Morgan fingerprint density at radius 3 is 2.09 bits per heavy atom. The average molecular weight is 340 g/mol. The summed E-state index contributed by atoms with van der Waals surface area (Å²) in [7, 11) is -3.00. The van der Waals surface area contributed by atoms with E-state index in [0.717, 1.165) is 10.8 Å². The molecule has 1 aromatic carbocycles. The van der Waals surface area contributed by atoms with Crippen LogP contribution in [0.2, 0.25) is 39.3 Å². The lowest BCUT2D eigenvalue weighted by Gasteiger charge is -2.06. The summed E-state index contributed by atoms with van der Waals surface area (Å²) in [5, 5.41) is 1.69. The summed E-state index contributed by atoms with van der Waals surface area (Å²) in [5.74, 6) is 6.11. The molecule has 1 heterocycles. The maximum atomic E-state index is 13.6. The Balaban J connectivity index is 2.67. The minimum Gasteiger partial charge on any atom is -0.230 e. The molecule has 1 nitrogen and oxygen atoms in total. The number of benzene rings is 1. The van der Waals surface area contributed by atoms with E-state index in [-0.39, 0.29) is 5.82 Å². The second-order valence-electron chi connectivity index (χ2n) is 7.72. The Labute approximate surface area is 140 Å². The van der Waals surface area contributed by atoms with Crippen LogP contribution in [0, 0.1) is 28.7 Å². The van der Waals surface area contributed by atoms with Crippen LogP contribution in [0.25, 0.3) is 10.8 Å². The number of aromatic nitrogens is 1. The zero-order chi connectivity index (χ0) is 17.3. The molecule has 118 valence electrons. The molecule has 0 bridgehead atoms. The number of rotatable bonds is 0. The summed E-state index contributed by atoms with van der Waals surface area (Å²) >= 11 is 0. The molecule has 0 saturated heterocycles. The molecule has 0 unspecified atom stereocenters. The first-order chi connectivity index (χ1) is 10.5. The van der Waals surface area contributed by atoms with Crippen LogP contribution in [0.15, 0.2) is 24.3 Å². The van der Waals surface area contributed by atoms with E-state index in [1.807, 2.05) is 6.07 Å². The Morgan fingerprint density at radius 2 is 1.48 bits per heavy atom. The van der Waals surface area contributed by atoms with E-state index in [9.17, 15) is 4.39 Å². The highest BCUT2D eigenvalue weighted by Crippen LogP contribution is 2.19. The molecule has 0 spiro atoms. The van der Waals surface area contributed by atoms with Crippen LogP contribution >= 0.6 is 0 Å². The SMILES string of the molecule is C[Si](C)(C)C#Cc1cc2cc(F)ccc2c(C#C[Si](C)(C)C)n1. The van der Waals surface area contributed by atoms with Crippen LogP contribution in [0.4, 0.5) is 4.39 Å². The maximum Gasteiger partial charge on any atom is 0.129 e. The lowest BCUT2D eigenvalue weighted by atomic mass is 10.1. The van der Waals surface area contributed by atoms with Crippen molar-refractivity contribution in [3.63, 3.8) is 0 Å². The van der Waals surface area contributed by atoms with Crippen molar-refractivity contribution in [1.82, 2.24) is 4.98 Å². The van der Waals surface area contributed by atoms with Crippen molar-refractivity contribution in [3.05, 3.63) is 41.5 Å². The molecule has 2 rings (SSSR count). The quantitative estimate of drug-likeness (QED) is 0.495. The van der Waals surface area contributed by atoms with Crippen LogP contribution in [-0.2, 0) is 0 Å². The third-order valence-corrected chi connectivity index (χ3v) is 4.66. The van der Waals surface area contributed by atoms with Gasteiger partial charge in [0.15, 0.2) is 0 Å². The Kier molecular flexibility index (Phi) is 4.80. The summed E-state index contributed by atoms with van der Waals surface area (Å²) in [4.78, 5) is 4.61. The molecule has 2 aromatic rings. The molecule has 0 fully saturated rings. The van der Waals surface area contributed by atoms with Gasteiger partial charge in [0, 0.05) is 5.39 Å². The lowest BCUT2D eigenvalue weighted by Crippen LogP contribution is -2.16. The summed E-state index contributed by atoms with van der Waals surface area (Å²) < 4.78 is 13.6. The van der Waals surface area contributed by atoms with E-state index in [2.05, 4.69) is 67.2 Å². The number of nitrogens with zero attached hydrogens (tertiary/aromatic N) is 1. The summed E-state index contributed by atoms with van der Waals surface area (Å²) in [6, 6.07) is 6.58. The largest absolute Gasteiger partial charge is 0.230 e. The third-order valence-electron chi connectivity index (χ3n) is 2.91. The molecule has 0 aliphatic carbocycles. The molecule has 0 N–H and O–H groups in total. The third kappa shape index (κ3) is 5.35. The second kappa shape index (κ2) is 6.31. The van der Waals surface area contributed by atoms with Crippen molar-refractivity contribution < 1.29 is 4.39 Å². The predicted octanol–water partition coefficient (Wildman–Crippen LogP) is 4.83. The molecule has 4 heteroatoms. The summed E-state index contributed by atoms with van der Waals surface area (Å²) in [6.07, 6.45) is 0. The van der Waals surface area contributed by atoms with Crippen molar-refractivity contribution >= 4 is 26.9 Å². The van der Waals surface area contributed by atoms with E-state index in [1.54, 1.807) is 6.07 Å². The van der Waals surface area contributed by atoms with Gasteiger partial charge in [-0.05, 0) is 29.7 Å². The topological polar surface area (TPSA) is 12.9 Å². The van der Waals surface area contributed by atoms with Gasteiger partial charge in [-0.25, -0.2) is 9.37 Å². The number of halogens is 1. The molecule has 1 aromatic heterocycles. The van der Waals surface area contributed by atoms with Gasteiger partial charge in [0.05, 0.1) is 0 Å². The van der Waals surface area contributed by atoms with Crippen LogP contribution in [0.3, 0.4) is 0 Å². The van der Waals surface area contributed by atoms with Crippen molar-refractivity contribution in [2.75, 3.05) is 0 Å². The van der Waals surface area contributed by atoms with Gasteiger partial charge in [-0.3, -0.25) is 0 Å². The van der Waals surface area contributed by atoms with Gasteiger partial charge in [0.2, 0.25) is 0 Å². The number of fused-ring (bicyclic) bond motifs is 1. The van der Waals surface area contributed by atoms with Crippen LogP contribution in [-0.4, -0.2) is 21.1 Å². The Morgan fingerprint density at radius 1 is 0.870 bits per heavy atom. The molecule has 23 heavy (non-hydrogen) atoms. The fourth-order valence-corrected chi connectivity index (χ4v) is 2.88.